The van der Waals surface area contributed by atoms with E-state index in [9.17, 15) is 0 Å². The summed E-state index contributed by atoms with van der Waals surface area (Å²) in [6.07, 6.45) is 6.19. The van der Waals surface area contributed by atoms with Crippen LogP contribution < -0.4 is 0 Å². The molecule has 4 nitrogen and oxygen atoms in total. The van der Waals surface area contributed by atoms with Crippen LogP contribution in [0, 0.1) is 13.8 Å². The predicted molar refractivity (Wildman–Crippen MR) is 175 cm³/mol. The lowest BCUT2D eigenvalue weighted by atomic mass is 9.78. The average molecular weight is 548 g/mol. The maximum atomic E-state index is 6.44. The number of nitrogens with zero attached hydrogens (tertiary/aromatic N) is 3. The summed E-state index contributed by atoms with van der Waals surface area (Å²) in [7, 11) is 0. The van der Waals surface area contributed by atoms with E-state index in [0.29, 0.717) is 12.1 Å². The van der Waals surface area contributed by atoms with Crippen LogP contribution in [0.5, 0.6) is 0 Å². The van der Waals surface area contributed by atoms with Crippen molar-refractivity contribution in [3.8, 4) is 11.3 Å². The van der Waals surface area contributed by atoms with Gasteiger partial charge in [-0.3, -0.25) is 9.98 Å². The Labute approximate surface area is 246 Å². The molecular weight excluding hydrogens is 514 g/mol. The molecule has 206 valence electrons. The van der Waals surface area contributed by atoms with Crippen LogP contribution in [-0.4, -0.2) is 22.4 Å². The van der Waals surface area contributed by atoms with Crippen molar-refractivity contribution in [1.29, 1.82) is 0 Å². The van der Waals surface area contributed by atoms with Crippen LogP contribution in [0.2, 0.25) is 0 Å². The largest absolute Gasteiger partial charge is 0.438 e. The maximum Gasteiger partial charge on any atom is 0.227 e. The fourth-order valence-electron chi connectivity index (χ4n) is 6.83. The third-order valence-electron chi connectivity index (χ3n) is 8.82. The highest BCUT2D eigenvalue weighted by Gasteiger charge is 2.31. The van der Waals surface area contributed by atoms with Crippen molar-refractivity contribution < 1.29 is 4.42 Å². The molecule has 0 amide bonds. The van der Waals surface area contributed by atoms with E-state index >= 15 is 0 Å². The van der Waals surface area contributed by atoms with Crippen molar-refractivity contribution in [1.82, 2.24) is 4.98 Å². The number of furan rings is 1. The summed E-state index contributed by atoms with van der Waals surface area (Å²) in [5, 5.41) is 2.03. The normalized spacial score (nSPS) is 19.7. The lowest BCUT2D eigenvalue weighted by molar-refractivity contribution is 0.490. The van der Waals surface area contributed by atoms with Gasteiger partial charge >= 0.3 is 0 Å². The van der Waals surface area contributed by atoms with Crippen LogP contribution in [-0.2, 0) is 6.42 Å². The number of aryl methyl sites for hydroxylation is 3. The zero-order valence-electron chi connectivity index (χ0n) is 24.2. The van der Waals surface area contributed by atoms with Crippen molar-refractivity contribution >= 4 is 33.5 Å². The van der Waals surface area contributed by atoms with E-state index < -0.39 is 0 Å². The third kappa shape index (κ3) is 4.26. The van der Waals surface area contributed by atoms with E-state index in [-0.39, 0.29) is 12.0 Å². The summed E-state index contributed by atoms with van der Waals surface area (Å²) < 4.78 is 6.44. The summed E-state index contributed by atoms with van der Waals surface area (Å²) in [4.78, 5) is 15.1. The molecule has 0 saturated heterocycles. The van der Waals surface area contributed by atoms with Gasteiger partial charge in [-0.15, -0.1) is 0 Å². The van der Waals surface area contributed by atoms with Gasteiger partial charge < -0.3 is 4.42 Å². The van der Waals surface area contributed by atoms with Crippen molar-refractivity contribution in [3.63, 3.8) is 0 Å². The summed E-state index contributed by atoms with van der Waals surface area (Å²) in [5.74, 6) is 0.253. The Bertz CT molecular complexity index is 1980. The lowest BCUT2D eigenvalue weighted by Gasteiger charge is -2.32. The number of aliphatic imine (C=N–C) groups is 2. The van der Waals surface area contributed by atoms with Crippen molar-refractivity contribution in [2.75, 3.05) is 0 Å². The van der Waals surface area contributed by atoms with E-state index in [1.807, 2.05) is 12.2 Å². The highest BCUT2D eigenvalue weighted by atomic mass is 16.3. The van der Waals surface area contributed by atoms with Crippen molar-refractivity contribution in [2.24, 2.45) is 9.98 Å². The van der Waals surface area contributed by atoms with Crippen LogP contribution in [0.3, 0.4) is 0 Å². The number of aromatic nitrogens is 1. The van der Waals surface area contributed by atoms with E-state index in [1.54, 1.807) is 0 Å². The molecular formula is C38H33N3O. The van der Waals surface area contributed by atoms with Gasteiger partial charge in [-0.1, -0.05) is 62.2 Å². The van der Waals surface area contributed by atoms with Gasteiger partial charge in [-0.25, -0.2) is 4.98 Å². The molecule has 4 heterocycles. The molecule has 2 aliphatic heterocycles. The van der Waals surface area contributed by atoms with Gasteiger partial charge in [0.2, 0.25) is 5.71 Å². The molecule has 0 saturated carbocycles. The van der Waals surface area contributed by atoms with Gasteiger partial charge in [0.05, 0.1) is 23.2 Å². The minimum Gasteiger partial charge on any atom is -0.438 e. The molecule has 2 atom stereocenters. The fraction of sp³-hybridized carbons (Fsp3) is 0.184. The summed E-state index contributed by atoms with van der Waals surface area (Å²) in [5.41, 5.74) is 13.3. The Hall–Kier alpha value is -4.83. The van der Waals surface area contributed by atoms with Crippen LogP contribution in [0.4, 0.5) is 0 Å². The average Bonchev–Trinajstić information content (AvgIpc) is 3.35. The minimum atomic E-state index is 0.0548. The first-order valence-corrected chi connectivity index (χ1v) is 14.6. The van der Waals surface area contributed by atoms with E-state index in [4.69, 9.17) is 19.4 Å². The second-order valence-electron chi connectivity index (χ2n) is 11.4. The predicted octanol–water partition coefficient (Wildman–Crippen LogP) is 9.23. The number of fused-ring (bicyclic) bond motifs is 7. The first kappa shape index (κ1) is 26.1. The Balaban J connectivity index is 1.37. The highest BCUT2D eigenvalue weighted by Crippen LogP contribution is 2.40. The molecule has 0 aliphatic carbocycles. The number of rotatable bonds is 3. The van der Waals surface area contributed by atoms with E-state index in [1.165, 1.54) is 27.8 Å². The van der Waals surface area contributed by atoms with E-state index in [2.05, 4.69) is 100 Å². The number of benzene rings is 3. The quantitative estimate of drug-likeness (QED) is 0.226. The first-order valence-electron chi connectivity index (χ1n) is 14.6. The molecule has 0 N–H and O–H groups in total. The molecule has 2 aromatic heterocycles. The van der Waals surface area contributed by atoms with Crippen LogP contribution in [0.25, 0.3) is 33.3 Å². The van der Waals surface area contributed by atoms with Crippen LogP contribution in [0.1, 0.15) is 52.1 Å². The zero-order chi connectivity index (χ0) is 29.0. The van der Waals surface area contributed by atoms with Gasteiger partial charge in [0, 0.05) is 45.5 Å². The lowest BCUT2D eigenvalue weighted by Crippen LogP contribution is -2.27. The molecule has 0 bridgehead atoms. The summed E-state index contributed by atoms with van der Waals surface area (Å²) in [6, 6.07) is 23.6. The Morgan fingerprint density at radius 2 is 1.64 bits per heavy atom. The number of hydrogen-bond donors (Lipinski definition) is 0. The molecule has 0 spiro atoms. The minimum absolute atomic E-state index is 0.0548. The number of allylic oxidation sites excluding steroid dienone is 2. The molecule has 0 radical (unpaired) electrons. The topological polar surface area (TPSA) is 50.8 Å². The van der Waals surface area contributed by atoms with Crippen molar-refractivity contribution in [3.05, 3.63) is 138 Å². The van der Waals surface area contributed by atoms with Crippen molar-refractivity contribution in [2.45, 2.75) is 45.1 Å². The fourth-order valence-corrected chi connectivity index (χ4v) is 6.83. The first-order chi connectivity index (χ1) is 20.4. The third-order valence-corrected chi connectivity index (χ3v) is 8.82. The SMILES string of the molecule is C=CC1=NC2CC(=C)/N=C(/C=C)c3cc4c(cc3CCC2c2ccccc21)oc1nc(-c2c(C)cccc2C)ccc14. The second-order valence-corrected chi connectivity index (χ2v) is 11.4. The standard InChI is InChI=1S/C38H33N3O/c1-6-32-27-14-9-8-13-26(27)28-16-15-25-20-36-31(21-30(25)33(7-2)39-24(5)19-35(28)40-32)29-17-18-34(41-38(29)42-36)37-22(3)11-10-12-23(37)4/h6-14,17-18,20-21,28,35H,1-2,5,15-16,19H2,3-4H3/b39-33-. The highest BCUT2D eigenvalue weighted by molar-refractivity contribution is 6.14. The Morgan fingerprint density at radius 1 is 0.857 bits per heavy atom. The molecule has 7 rings (SSSR count). The van der Waals surface area contributed by atoms with Gasteiger partial charge in [0.1, 0.15) is 5.58 Å². The zero-order valence-corrected chi connectivity index (χ0v) is 24.2. The second kappa shape index (κ2) is 10.2. The maximum absolute atomic E-state index is 6.44. The molecule has 5 aromatic rings. The van der Waals surface area contributed by atoms with Gasteiger partial charge in [0.25, 0.3) is 0 Å². The van der Waals surface area contributed by atoms with Crippen LogP contribution in [0.15, 0.2) is 119 Å². The molecule has 3 aromatic carbocycles. The summed E-state index contributed by atoms with van der Waals surface area (Å²) >= 11 is 0. The van der Waals surface area contributed by atoms with Gasteiger partial charge in [-0.05, 0) is 85.4 Å². The Kier molecular flexibility index (Phi) is 6.35. The smallest absolute Gasteiger partial charge is 0.227 e. The molecule has 0 fully saturated rings. The van der Waals surface area contributed by atoms with Crippen LogP contribution >= 0.6 is 0 Å². The summed E-state index contributed by atoms with van der Waals surface area (Å²) in [6.45, 7) is 16.8. The van der Waals surface area contributed by atoms with Gasteiger partial charge in [-0.2, -0.15) is 0 Å². The molecule has 2 unspecified atom stereocenters. The Morgan fingerprint density at radius 3 is 2.43 bits per heavy atom. The monoisotopic (exact) mass is 547 g/mol. The van der Waals surface area contributed by atoms with Gasteiger partial charge in [0.15, 0.2) is 0 Å². The molecule has 2 aliphatic rings. The van der Waals surface area contributed by atoms with E-state index in [0.717, 1.165) is 63.1 Å². The number of pyridine rings is 1. The molecule has 42 heavy (non-hydrogen) atoms. The number of hydrogen-bond acceptors (Lipinski definition) is 4. The molecule has 4 heteroatoms.